The minimum atomic E-state index is -4.08. The van der Waals surface area contributed by atoms with Gasteiger partial charge >= 0.3 is 6.18 Å². The Morgan fingerprint density at radius 1 is 1.05 bits per heavy atom. The van der Waals surface area contributed by atoms with Gasteiger partial charge in [0.15, 0.2) is 0 Å². The largest absolute Gasteiger partial charge is 0.401 e. The van der Waals surface area contributed by atoms with Crippen LogP contribution in [0.1, 0.15) is 26.7 Å². The van der Waals surface area contributed by atoms with E-state index in [1.807, 2.05) is 0 Å². The average Bonchev–Trinajstić information content (AvgIpc) is 3.15. The molecule has 0 aromatic rings. The summed E-state index contributed by atoms with van der Waals surface area (Å²) in [5.74, 6) is 0. The fraction of sp³-hybridized carbons (Fsp3) is 1.00. The second kappa shape index (κ2) is 8.07. The summed E-state index contributed by atoms with van der Waals surface area (Å²) in [6, 6.07) is 0.159. The number of hydrogen-bond donors (Lipinski definition) is 1. The van der Waals surface area contributed by atoms with Gasteiger partial charge in [0, 0.05) is 32.2 Å². The van der Waals surface area contributed by atoms with Crippen LogP contribution in [0.4, 0.5) is 13.2 Å². The molecule has 0 bridgehead atoms. The Bertz CT molecular complexity index is 238. The van der Waals surface area contributed by atoms with Crippen LogP contribution >= 0.6 is 0 Å². The van der Waals surface area contributed by atoms with E-state index in [0.717, 1.165) is 39.0 Å². The fourth-order valence-electron chi connectivity index (χ4n) is 2.19. The van der Waals surface area contributed by atoms with Crippen molar-refractivity contribution in [2.24, 2.45) is 0 Å². The van der Waals surface area contributed by atoms with E-state index in [0.29, 0.717) is 13.1 Å². The predicted molar refractivity (Wildman–Crippen MR) is 71.3 cm³/mol. The smallest absolute Gasteiger partial charge is 0.314 e. The molecular weight excluding hydrogens is 255 g/mol. The van der Waals surface area contributed by atoms with Crippen molar-refractivity contribution in [3.05, 3.63) is 0 Å². The molecule has 6 heteroatoms. The minimum Gasteiger partial charge on any atom is -0.314 e. The Labute approximate surface area is 114 Å². The Balaban J connectivity index is 2.12. The van der Waals surface area contributed by atoms with Gasteiger partial charge in [-0.1, -0.05) is 13.8 Å². The van der Waals surface area contributed by atoms with Crippen LogP contribution < -0.4 is 5.32 Å². The lowest BCUT2D eigenvalue weighted by Crippen LogP contribution is -2.41. The van der Waals surface area contributed by atoms with Gasteiger partial charge in [-0.25, -0.2) is 0 Å². The molecule has 1 rings (SSSR count). The first kappa shape index (κ1) is 16.7. The van der Waals surface area contributed by atoms with Gasteiger partial charge in [-0.05, 0) is 25.9 Å². The highest BCUT2D eigenvalue weighted by molar-refractivity contribution is 4.86. The number of hydrogen-bond acceptors (Lipinski definition) is 3. The van der Waals surface area contributed by atoms with Crippen molar-refractivity contribution in [1.82, 2.24) is 15.1 Å². The summed E-state index contributed by atoms with van der Waals surface area (Å²) in [5, 5.41) is 3.23. The van der Waals surface area contributed by atoms with Crippen LogP contribution in [0.2, 0.25) is 0 Å². The third-order valence-corrected chi connectivity index (χ3v) is 3.52. The molecule has 1 saturated carbocycles. The predicted octanol–water partition coefficient (Wildman–Crippen LogP) is 1.94. The van der Waals surface area contributed by atoms with Crippen LogP contribution in [0.3, 0.4) is 0 Å². The van der Waals surface area contributed by atoms with Crippen LogP contribution in [0, 0.1) is 0 Å². The molecule has 1 N–H and O–H groups in total. The number of halogens is 3. The number of nitrogens with zero attached hydrogens (tertiary/aromatic N) is 2. The van der Waals surface area contributed by atoms with Crippen LogP contribution in [0.25, 0.3) is 0 Å². The summed E-state index contributed by atoms with van der Waals surface area (Å²) in [5.41, 5.74) is 0. The summed E-state index contributed by atoms with van der Waals surface area (Å²) >= 11 is 0. The first-order chi connectivity index (χ1) is 8.96. The van der Waals surface area contributed by atoms with Gasteiger partial charge < -0.3 is 10.2 Å². The molecule has 0 atom stereocenters. The van der Waals surface area contributed by atoms with Crippen LogP contribution in [-0.2, 0) is 0 Å². The molecule has 0 spiro atoms. The highest BCUT2D eigenvalue weighted by Gasteiger charge is 2.37. The van der Waals surface area contributed by atoms with Crippen molar-refractivity contribution >= 4 is 0 Å². The Morgan fingerprint density at radius 2 is 1.63 bits per heavy atom. The van der Waals surface area contributed by atoms with E-state index in [4.69, 9.17) is 0 Å². The third kappa shape index (κ3) is 7.74. The standard InChI is InChI=1S/C13H26F3N3/c1-3-18(4-2)9-7-17-8-10-19(12-5-6-12)11-13(14,15)16/h12,17H,3-11H2,1-2H3. The van der Waals surface area contributed by atoms with E-state index in [1.54, 1.807) is 4.90 Å². The van der Waals surface area contributed by atoms with Gasteiger partial charge in [-0.2, -0.15) is 13.2 Å². The molecule has 0 radical (unpaired) electrons. The maximum Gasteiger partial charge on any atom is 0.401 e. The molecule has 1 fully saturated rings. The van der Waals surface area contributed by atoms with Crippen molar-refractivity contribution < 1.29 is 13.2 Å². The number of likely N-dealkylation sites (N-methyl/N-ethyl adjacent to an activating group) is 1. The topological polar surface area (TPSA) is 18.5 Å². The lowest BCUT2D eigenvalue weighted by Gasteiger charge is -2.24. The second-order valence-corrected chi connectivity index (χ2v) is 5.09. The quantitative estimate of drug-likeness (QED) is 0.617. The average molecular weight is 281 g/mol. The molecule has 0 unspecified atom stereocenters. The fourth-order valence-corrected chi connectivity index (χ4v) is 2.19. The summed E-state index contributed by atoms with van der Waals surface area (Å²) < 4.78 is 37.2. The lowest BCUT2D eigenvalue weighted by atomic mass is 10.4. The van der Waals surface area contributed by atoms with Crippen LogP contribution in [0.15, 0.2) is 0 Å². The van der Waals surface area contributed by atoms with Crippen molar-refractivity contribution in [3.63, 3.8) is 0 Å². The highest BCUT2D eigenvalue weighted by Crippen LogP contribution is 2.29. The van der Waals surface area contributed by atoms with Gasteiger partial charge in [0.2, 0.25) is 0 Å². The molecule has 3 nitrogen and oxygen atoms in total. The SMILES string of the molecule is CCN(CC)CCNCCN(CC(F)(F)F)C1CC1. The summed E-state index contributed by atoms with van der Waals surface area (Å²) in [7, 11) is 0. The molecule has 19 heavy (non-hydrogen) atoms. The Morgan fingerprint density at radius 3 is 2.11 bits per heavy atom. The third-order valence-electron chi connectivity index (χ3n) is 3.52. The summed E-state index contributed by atoms with van der Waals surface area (Å²) in [6.07, 6.45) is -2.26. The Kier molecular flexibility index (Phi) is 7.10. The molecule has 1 aliphatic carbocycles. The first-order valence-corrected chi connectivity index (χ1v) is 7.20. The molecule has 0 aromatic carbocycles. The zero-order chi connectivity index (χ0) is 14.3. The molecular formula is C13H26F3N3. The van der Waals surface area contributed by atoms with E-state index in [9.17, 15) is 13.2 Å². The van der Waals surface area contributed by atoms with Crippen molar-refractivity contribution in [2.45, 2.75) is 38.9 Å². The first-order valence-electron chi connectivity index (χ1n) is 7.20. The molecule has 0 aliphatic heterocycles. The highest BCUT2D eigenvalue weighted by atomic mass is 19.4. The van der Waals surface area contributed by atoms with Gasteiger partial charge in [0.1, 0.15) is 0 Å². The number of rotatable bonds is 10. The van der Waals surface area contributed by atoms with Gasteiger partial charge in [-0.15, -0.1) is 0 Å². The maximum atomic E-state index is 12.4. The van der Waals surface area contributed by atoms with Crippen molar-refractivity contribution in [3.8, 4) is 0 Å². The van der Waals surface area contributed by atoms with E-state index in [-0.39, 0.29) is 6.04 Å². The van der Waals surface area contributed by atoms with Gasteiger partial charge in [-0.3, -0.25) is 4.90 Å². The molecule has 0 saturated heterocycles. The maximum absolute atomic E-state index is 12.4. The number of nitrogens with one attached hydrogen (secondary N) is 1. The number of alkyl halides is 3. The monoisotopic (exact) mass is 281 g/mol. The molecule has 1 aliphatic rings. The lowest BCUT2D eigenvalue weighted by molar-refractivity contribution is -0.147. The van der Waals surface area contributed by atoms with Crippen LogP contribution in [0.5, 0.6) is 0 Å². The van der Waals surface area contributed by atoms with E-state index < -0.39 is 12.7 Å². The van der Waals surface area contributed by atoms with Gasteiger partial charge in [0.05, 0.1) is 6.54 Å². The van der Waals surface area contributed by atoms with Gasteiger partial charge in [0.25, 0.3) is 0 Å². The zero-order valence-electron chi connectivity index (χ0n) is 12.0. The van der Waals surface area contributed by atoms with E-state index in [1.165, 1.54) is 0 Å². The molecule has 0 amide bonds. The molecule has 0 heterocycles. The zero-order valence-corrected chi connectivity index (χ0v) is 12.0. The van der Waals surface area contributed by atoms with Crippen LogP contribution in [-0.4, -0.2) is 67.8 Å². The molecule has 114 valence electrons. The minimum absolute atomic E-state index is 0.159. The Hall–Kier alpha value is -0.330. The summed E-state index contributed by atoms with van der Waals surface area (Å²) in [6.45, 7) is 8.40. The van der Waals surface area contributed by atoms with Crippen molar-refractivity contribution in [1.29, 1.82) is 0 Å². The molecule has 0 aromatic heterocycles. The summed E-state index contributed by atoms with van der Waals surface area (Å²) in [4.78, 5) is 3.85. The van der Waals surface area contributed by atoms with E-state index >= 15 is 0 Å². The van der Waals surface area contributed by atoms with E-state index in [2.05, 4.69) is 24.1 Å². The van der Waals surface area contributed by atoms with Crippen molar-refractivity contribution in [2.75, 3.05) is 45.8 Å². The normalized spacial score (nSPS) is 16.6. The second-order valence-electron chi connectivity index (χ2n) is 5.09.